The first-order valence-corrected chi connectivity index (χ1v) is 9.84. The molecule has 3 rings (SSSR count). The largest absolute Gasteiger partial charge is 0.389 e. The fourth-order valence-corrected chi connectivity index (χ4v) is 2.81. The number of carbonyl (C=O) groups excluding carboxylic acids is 1. The van der Waals surface area contributed by atoms with E-state index in [1.54, 1.807) is 36.9 Å². The van der Waals surface area contributed by atoms with E-state index in [9.17, 15) is 19.4 Å². The topological polar surface area (TPSA) is 125 Å². The summed E-state index contributed by atoms with van der Waals surface area (Å²) in [5.74, 6) is -0.0489. The molecule has 0 aliphatic carbocycles. The SMILES string of the molecule is CC(C)(O)CNc1cc(-n2ccc3cncnc32)ncc1C(=O)NC[C@@H](F)C(C)(C)O. The van der Waals surface area contributed by atoms with E-state index in [0.717, 1.165) is 5.39 Å². The van der Waals surface area contributed by atoms with Crippen molar-refractivity contribution in [1.29, 1.82) is 0 Å². The van der Waals surface area contributed by atoms with E-state index in [1.807, 2.05) is 6.07 Å². The molecular weight excluding hydrogens is 403 g/mol. The Morgan fingerprint density at radius 3 is 2.65 bits per heavy atom. The van der Waals surface area contributed by atoms with E-state index in [0.29, 0.717) is 17.2 Å². The van der Waals surface area contributed by atoms with Crippen molar-refractivity contribution in [2.75, 3.05) is 18.4 Å². The normalized spacial score (nSPS) is 13.3. The van der Waals surface area contributed by atoms with E-state index in [1.165, 1.54) is 26.4 Å². The monoisotopic (exact) mass is 430 g/mol. The van der Waals surface area contributed by atoms with Crippen molar-refractivity contribution in [1.82, 2.24) is 24.8 Å². The number of alkyl halides is 1. The highest BCUT2D eigenvalue weighted by molar-refractivity contribution is 5.99. The summed E-state index contributed by atoms with van der Waals surface area (Å²) in [7, 11) is 0. The molecule has 3 heterocycles. The molecule has 0 aliphatic heterocycles. The number of rotatable bonds is 8. The van der Waals surface area contributed by atoms with Crippen LogP contribution in [-0.4, -0.2) is 66.1 Å². The number of nitrogens with zero attached hydrogens (tertiary/aromatic N) is 4. The van der Waals surface area contributed by atoms with Gasteiger partial charge < -0.3 is 20.8 Å². The van der Waals surface area contributed by atoms with Crippen molar-refractivity contribution in [2.24, 2.45) is 0 Å². The van der Waals surface area contributed by atoms with E-state index in [-0.39, 0.29) is 18.7 Å². The van der Waals surface area contributed by atoms with Crippen LogP contribution in [0, 0.1) is 0 Å². The van der Waals surface area contributed by atoms with Crippen LogP contribution in [0.1, 0.15) is 38.1 Å². The number of halogens is 1. The molecule has 3 aromatic heterocycles. The van der Waals surface area contributed by atoms with Crippen LogP contribution in [0.3, 0.4) is 0 Å². The Balaban J connectivity index is 1.92. The molecule has 0 fully saturated rings. The van der Waals surface area contributed by atoms with E-state index >= 15 is 0 Å². The number of anilines is 1. The summed E-state index contributed by atoms with van der Waals surface area (Å²) >= 11 is 0. The lowest BCUT2D eigenvalue weighted by atomic mass is 10.0. The Kier molecular flexibility index (Phi) is 6.23. The zero-order valence-electron chi connectivity index (χ0n) is 17.9. The lowest BCUT2D eigenvalue weighted by Crippen LogP contribution is -2.42. The van der Waals surface area contributed by atoms with Crippen molar-refractivity contribution in [2.45, 2.75) is 45.1 Å². The first kappa shape index (κ1) is 22.6. The molecule has 31 heavy (non-hydrogen) atoms. The van der Waals surface area contributed by atoms with Crippen molar-refractivity contribution >= 4 is 22.6 Å². The molecule has 9 nitrogen and oxygen atoms in total. The summed E-state index contributed by atoms with van der Waals surface area (Å²) < 4.78 is 15.8. The standard InChI is InChI=1S/C21H27FN6O3/c1-20(2,30)11-26-15-7-17(28-6-5-13-8-23-12-27-18(13)28)24-9-14(15)19(29)25-10-16(22)21(3,4)31/h5-9,12,16,30-31H,10-11H2,1-4H3,(H,24,26)(H,25,29)/t16-/m1/s1. The average molecular weight is 430 g/mol. The van der Waals surface area contributed by atoms with Gasteiger partial charge in [0.1, 0.15) is 24.0 Å². The summed E-state index contributed by atoms with van der Waals surface area (Å²) in [6.07, 6.45) is 4.65. The van der Waals surface area contributed by atoms with Gasteiger partial charge in [-0.3, -0.25) is 9.36 Å². The summed E-state index contributed by atoms with van der Waals surface area (Å²) in [6.45, 7) is 5.75. The zero-order valence-corrected chi connectivity index (χ0v) is 17.9. The first-order valence-electron chi connectivity index (χ1n) is 9.84. The number of nitrogens with one attached hydrogen (secondary N) is 2. The summed E-state index contributed by atoms with van der Waals surface area (Å²) in [4.78, 5) is 25.3. The van der Waals surface area contributed by atoms with Gasteiger partial charge in [-0.1, -0.05) is 0 Å². The molecule has 0 spiro atoms. The van der Waals surface area contributed by atoms with E-state index in [2.05, 4.69) is 25.6 Å². The van der Waals surface area contributed by atoms with Crippen LogP contribution in [0.2, 0.25) is 0 Å². The van der Waals surface area contributed by atoms with Crippen molar-refractivity contribution in [3.63, 3.8) is 0 Å². The van der Waals surface area contributed by atoms with Gasteiger partial charge in [0.2, 0.25) is 0 Å². The maximum absolute atomic E-state index is 14.0. The van der Waals surface area contributed by atoms with Crippen LogP contribution in [0.5, 0.6) is 0 Å². The fraction of sp³-hybridized carbons (Fsp3) is 0.429. The lowest BCUT2D eigenvalue weighted by Gasteiger charge is -2.23. The third-order valence-electron chi connectivity index (χ3n) is 4.65. The van der Waals surface area contributed by atoms with Crippen LogP contribution in [0.4, 0.5) is 10.1 Å². The van der Waals surface area contributed by atoms with Crippen LogP contribution in [0.25, 0.3) is 16.9 Å². The molecule has 0 saturated carbocycles. The molecule has 1 atom stereocenters. The van der Waals surface area contributed by atoms with Gasteiger partial charge in [0, 0.05) is 36.6 Å². The van der Waals surface area contributed by atoms with Gasteiger partial charge in [-0.05, 0) is 33.8 Å². The Morgan fingerprint density at radius 2 is 1.97 bits per heavy atom. The molecule has 4 N–H and O–H groups in total. The maximum Gasteiger partial charge on any atom is 0.255 e. The zero-order chi connectivity index (χ0) is 22.8. The van der Waals surface area contributed by atoms with Gasteiger partial charge in [0.25, 0.3) is 5.91 Å². The predicted octanol–water partition coefficient (Wildman–Crippen LogP) is 1.84. The summed E-state index contributed by atoms with van der Waals surface area (Å²) in [6, 6.07) is 3.50. The molecule has 0 aromatic carbocycles. The first-order chi connectivity index (χ1) is 14.5. The molecular formula is C21H27FN6O3. The maximum atomic E-state index is 14.0. The number of hydrogen-bond donors (Lipinski definition) is 4. The minimum atomic E-state index is -1.64. The Hall–Kier alpha value is -3.11. The fourth-order valence-electron chi connectivity index (χ4n) is 2.81. The highest BCUT2D eigenvalue weighted by atomic mass is 19.1. The Labute approximate surface area is 179 Å². The summed E-state index contributed by atoms with van der Waals surface area (Å²) in [5, 5.41) is 26.2. The minimum absolute atomic E-state index is 0.167. The number of aromatic nitrogens is 4. The van der Waals surface area contributed by atoms with Crippen LogP contribution >= 0.6 is 0 Å². The predicted molar refractivity (Wildman–Crippen MR) is 115 cm³/mol. The van der Waals surface area contributed by atoms with Crippen molar-refractivity contribution in [3.8, 4) is 5.82 Å². The highest BCUT2D eigenvalue weighted by Gasteiger charge is 2.27. The minimum Gasteiger partial charge on any atom is -0.389 e. The lowest BCUT2D eigenvalue weighted by molar-refractivity contribution is -0.00178. The second-order valence-electron chi connectivity index (χ2n) is 8.57. The van der Waals surface area contributed by atoms with Gasteiger partial charge in [-0.2, -0.15) is 0 Å². The van der Waals surface area contributed by atoms with E-state index in [4.69, 9.17) is 0 Å². The van der Waals surface area contributed by atoms with Crippen LogP contribution in [0.15, 0.2) is 37.1 Å². The van der Waals surface area contributed by atoms with Crippen LogP contribution in [-0.2, 0) is 0 Å². The van der Waals surface area contributed by atoms with Crippen molar-refractivity contribution in [3.05, 3.63) is 42.6 Å². The molecule has 0 aliphatic rings. The van der Waals surface area contributed by atoms with Gasteiger partial charge >= 0.3 is 0 Å². The third-order valence-corrected chi connectivity index (χ3v) is 4.65. The molecule has 0 bridgehead atoms. The third kappa shape index (κ3) is 5.53. The average Bonchev–Trinajstić information content (AvgIpc) is 3.13. The number of pyridine rings is 1. The second kappa shape index (κ2) is 8.56. The number of fused-ring (bicyclic) bond motifs is 1. The smallest absolute Gasteiger partial charge is 0.255 e. The molecule has 0 radical (unpaired) electrons. The highest BCUT2D eigenvalue weighted by Crippen LogP contribution is 2.23. The van der Waals surface area contributed by atoms with Crippen LogP contribution < -0.4 is 10.6 Å². The number of aliphatic hydroxyl groups is 2. The van der Waals surface area contributed by atoms with Crippen molar-refractivity contribution < 1.29 is 19.4 Å². The molecule has 1 amide bonds. The molecule has 3 aromatic rings. The molecule has 0 unspecified atom stereocenters. The van der Waals surface area contributed by atoms with Gasteiger partial charge in [0.15, 0.2) is 0 Å². The van der Waals surface area contributed by atoms with Gasteiger partial charge in [-0.25, -0.2) is 19.3 Å². The summed E-state index contributed by atoms with van der Waals surface area (Å²) in [5.41, 5.74) is -1.36. The number of hydrogen-bond acceptors (Lipinski definition) is 7. The Morgan fingerprint density at radius 1 is 1.23 bits per heavy atom. The van der Waals surface area contributed by atoms with E-state index < -0.39 is 23.3 Å². The number of amides is 1. The number of carbonyl (C=O) groups is 1. The van der Waals surface area contributed by atoms with Gasteiger partial charge in [-0.15, -0.1) is 0 Å². The quantitative estimate of drug-likeness (QED) is 0.430. The van der Waals surface area contributed by atoms with Gasteiger partial charge in [0.05, 0.1) is 29.0 Å². The molecule has 0 saturated heterocycles. The Bertz CT molecular complexity index is 1070. The second-order valence-corrected chi connectivity index (χ2v) is 8.57. The molecule has 10 heteroatoms. The molecule has 166 valence electrons.